The van der Waals surface area contributed by atoms with Crippen LogP contribution in [-0.2, 0) is 16.9 Å². The summed E-state index contributed by atoms with van der Waals surface area (Å²) in [6.45, 7) is 8.00. The quantitative estimate of drug-likeness (QED) is 0.314. The van der Waals surface area contributed by atoms with Crippen LogP contribution >= 0.6 is 7.14 Å². The predicted molar refractivity (Wildman–Crippen MR) is 102 cm³/mol. The van der Waals surface area contributed by atoms with Crippen molar-refractivity contribution in [3.8, 4) is 0 Å². The van der Waals surface area contributed by atoms with Crippen LogP contribution in [0.1, 0.15) is 35.1 Å². The monoisotopic (exact) mass is 326 g/mol. The first-order chi connectivity index (χ1) is 11.0. The molecule has 2 aromatic rings. The van der Waals surface area contributed by atoms with E-state index < -0.39 is 7.14 Å². The van der Waals surface area contributed by atoms with Crippen LogP contribution in [0.4, 0.5) is 0 Å². The van der Waals surface area contributed by atoms with E-state index in [4.69, 9.17) is 0 Å². The highest BCUT2D eigenvalue weighted by molar-refractivity contribution is 7.62. The molecule has 0 spiro atoms. The molecule has 0 aromatic heterocycles. The Balaban J connectivity index is 2.24. The lowest BCUT2D eigenvalue weighted by Gasteiger charge is -2.20. The molecule has 0 radical (unpaired) electrons. The minimum absolute atomic E-state index is 0.700. The minimum atomic E-state index is -2.29. The fourth-order valence-electron chi connectivity index (χ4n) is 2.93. The fourth-order valence-corrected chi connectivity index (χ4v) is 6.07. The van der Waals surface area contributed by atoms with E-state index in [1.165, 1.54) is 22.3 Å². The van der Waals surface area contributed by atoms with E-state index in [-0.39, 0.29) is 0 Å². The van der Waals surface area contributed by atoms with Crippen LogP contribution in [0.15, 0.2) is 61.2 Å². The Labute approximate surface area is 140 Å². The lowest BCUT2D eigenvalue weighted by atomic mass is 10.1. The average molecular weight is 326 g/mol. The van der Waals surface area contributed by atoms with Crippen LogP contribution < -0.4 is 0 Å². The van der Waals surface area contributed by atoms with Crippen molar-refractivity contribution in [3.05, 3.63) is 83.4 Å². The molecule has 0 amide bonds. The zero-order valence-electron chi connectivity index (χ0n) is 14.3. The van der Waals surface area contributed by atoms with Gasteiger partial charge in [0, 0.05) is 18.5 Å². The number of unbranched alkanes of at least 4 members (excludes halogenated alkanes) is 1. The summed E-state index contributed by atoms with van der Waals surface area (Å²) in [5, 5.41) is 0. The predicted octanol–water partition coefficient (Wildman–Crippen LogP) is 6.33. The molecule has 0 N–H and O–H groups in total. The molecule has 0 saturated carbocycles. The molecule has 0 atom stereocenters. The van der Waals surface area contributed by atoms with Crippen LogP contribution in [0.25, 0.3) is 0 Å². The molecule has 0 aliphatic heterocycles. The first-order valence-electron chi connectivity index (χ1n) is 8.31. The van der Waals surface area contributed by atoms with Gasteiger partial charge in [-0.2, -0.15) is 0 Å². The van der Waals surface area contributed by atoms with Gasteiger partial charge in [0.2, 0.25) is 0 Å². The molecule has 1 nitrogen and oxygen atoms in total. The van der Waals surface area contributed by atoms with Crippen LogP contribution in [0.5, 0.6) is 0 Å². The van der Waals surface area contributed by atoms with E-state index in [0.717, 1.165) is 19.0 Å². The largest absolute Gasteiger partial charge is 0.323 e. The molecule has 0 saturated heterocycles. The van der Waals surface area contributed by atoms with Crippen molar-refractivity contribution in [1.82, 2.24) is 0 Å². The van der Waals surface area contributed by atoms with Crippen LogP contribution in [0.2, 0.25) is 0 Å². The van der Waals surface area contributed by atoms with Gasteiger partial charge in [0.15, 0.2) is 0 Å². The van der Waals surface area contributed by atoms with Crippen LogP contribution in [0.3, 0.4) is 0 Å². The van der Waals surface area contributed by atoms with Crippen molar-refractivity contribution in [1.29, 1.82) is 0 Å². The Hall–Kier alpha value is -1.59. The highest BCUT2D eigenvalue weighted by Crippen LogP contribution is 2.53. The van der Waals surface area contributed by atoms with E-state index in [9.17, 15) is 4.57 Å². The van der Waals surface area contributed by atoms with Crippen LogP contribution in [0, 0.1) is 13.8 Å². The summed E-state index contributed by atoms with van der Waals surface area (Å²) in [6, 6.07) is 16.6. The zero-order chi connectivity index (χ0) is 16.7. The van der Waals surface area contributed by atoms with Gasteiger partial charge in [-0.25, -0.2) is 0 Å². The van der Waals surface area contributed by atoms with Crippen molar-refractivity contribution >= 4 is 7.14 Å². The maximum atomic E-state index is 13.7. The number of aryl methyl sites for hydroxylation is 2. The second kappa shape index (κ2) is 8.31. The molecule has 0 heterocycles. The first-order valence-corrected chi connectivity index (χ1v) is 10.6. The van der Waals surface area contributed by atoms with E-state index in [1.807, 2.05) is 30.3 Å². The third kappa shape index (κ3) is 5.22. The van der Waals surface area contributed by atoms with Gasteiger partial charge in [-0.05, 0) is 48.9 Å². The molecule has 0 unspecified atom stereocenters. The van der Waals surface area contributed by atoms with Gasteiger partial charge in [-0.1, -0.05) is 54.6 Å². The summed E-state index contributed by atoms with van der Waals surface area (Å²) in [4.78, 5) is 0. The Bertz CT molecular complexity index is 651. The standard InChI is InChI=1S/C21H27OP/c1-4-5-10-15-23(22,16-20-13-8-6-11-18(20)2)17-21-14-9-7-12-19(21)3/h4,6-9,11-14H,1,5,10,15-17H2,2-3H3. The minimum Gasteiger partial charge on any atom is -0.323 e. The van der Waals surface area contributed by atoms with E-state index in [0.29, 0.717) is 12.3 Å². The molecule has 122 valence electrons. The van der Waals surface area contributed by atoms with Gasteiger partial charge in [0.05, 0.1) is 7.14 Å². The molecule has 0 aliphatic carbocycles. The second-order valence-electron chi connectivity index (χ2n) is 6.38. The van der Waals surface area contributed by atoms with E-state index in [2.05, 4.69) is 44.7 Å². The van der Waals surface area contributed by atoms with Gasteiger partial charge in [0.25, 0.3) is 0 Å². The van der Waals surface area contributed by atoms with Crippen molar-refractivity contribution in [2.75, 3.05) is 6.16 Å². The molecule has 2 aromatic carbocycles. The fraction of sp³-hybridized carbons (Fsp3) is 0.333. The third-order valence-electron chi connectivity index (χ3n) is 4.41. The molecule has 0 aliphatic rings. The molecule has 23 heavy (non-hydrogen) atoms. The normalized spacial score (nSPS) is 11.4. The summed E-state index contributed by atoms with van der Waals surface area (Å²) >= 11 is 0. The van der Waals surface area contributed by atoms with Crippen LogP contribution in [-0.4, -0.2) is 6.16 Å². The highest BCUT2D eigenvalue weighted by Gasteiger charge is 2.24. The third-order valence-corrected chi connectivity index (χ3v) is 7.38. The van der Waals surface area contributed by atoms with Gasteiger partial charge in [-0.3, -0.25) is 0 Å². The Morgan fingerprint density at radius 2 is 1.39 bits per heavy atom. The zero-order valence-corrected chi connectivity index (χ0v) is 15.2. The van der Waals surface area contributed by atoms with Gasteiger partial charge < -0.3 is 4.57 Å². The topological polar surface area (TPSA) is 17.1 Å². The average Bonchev–Trinajstić information content (AvgIpc) is 2.52. The number of hydrogen-bond acceptors (Lipinski definition) is 1. The number of benzene rings is 2. The maximum absolute atomic E-state index is 13.7. The number of rotatable bonds is 8. The maximum Gasteiger partial charge on any atom is 0.0961 e. The summed E-state index contributed by atoms with van der Waals surface area (Å²) in [7, 11) is -2.29. The van der Waals surface area contributed by atoms with Gasteiger partial charge >= 0.3 is 0 Å². The molecular formula is C21H27OP. The van der Waals surface area contributed by atoms with Gasteiger partial charge in [-0.15, -0.1) is 6.58 Å². The summed E-state index contributed by atoms with van der Waals surface area (Å²) < 4.78 is 13.7. The van der Waals surface area contributed by atoms with Crippen molar-refractivity contribution < 1.29 is 4.57 Å². The lowest BCUT2D eigenvalue weighted by Crippen LogP contribution is -2.01. The SMILES string of the molecule is C=CCCCP(=O)(Cc1ccccc1C)Cc1ccccc1C. The molecule has 2 rings (SSSR count). The van der Waals surface area contributed by atoms with E-state index in [1.54, 1.807) is 0 Å². The Morgan fingerprint density at radius 3 is 1.83 bits per heavy atom. The van der Waals surface area contributed by atoms with Crippen molar-refractivity contribution in [2.45, 2.75) is 39.0 Å². The smallest absolute Gasteiger partial charge is 0.0961 e. The first kappa shape index (κ1) is 17.8. The van der Waals surface area contributed by atoms with Crippen molar-refractivity contribution in [3.63, 3.8) is 0 Å². The summed E-state index contributed by atoms with van der Waals surface area (Å²) in [6.07, 6.45) is 6.01. The lowest BCUT2D eigenvalue weighted by molar-refractivity contribution is 0.571. The molecule has 0 fully saturated rings. The van der Waals surface area contributed by atoms with E-state index >= 15 is 0 Å². The number of hydrogen-bond donors (Lipinski definition) is 0. The van der Waals surface area contributed by atoms with Gasteiger partial charge in [0.1, 0.15) is 0 Å². The second-order valence-corrected chi connectivity index (χ2v) is 9.58. The molecule has 0 bridgehead atoms. The number of allylic oxidation sites excluding steroid dienone is 1. The summed E-state index contributed by atoms with van der Waals surface area (Å²) in [5.74, 6) is 0. The Kier molecular flexibility index (Phi) is 6.42. The Morgan fingerprint density at radius 1 is 0.913 bits per heavy atom. The molecule has 2 heteroatoms. The highest BCUT2D eigenvalue weighted by atomic mass is 31.2. The summed E-state index contributed by atoms with van der Waals surface area (Å²) in [5.41, 5.74) is 4.92. The van der Waals surface area contributed by atoms with Crippen molar-refractivity contribution in [2.24, 2.45) is 0 Å². The molecular weight excluding hydrogens is 299 g/mol.